The molecule has 9 heteroatoms. The molecule has 2 atom stereocenters. The summed E-state index contributed by atoms with van der Waals surface area (Å²) in [7, 11) is 3.41. The highest BCUT2D eigenvalue weighted by molar-refractivity contribution is 6.01. The maximum atomic E-state index is 14.1. The summed E-state index contributed by atoms with van der Waals surface area (Å²) < 4.78 is 33.8. The lowest BCUT2D eigenvalue weighted by molar-refractivity contribution is 0.0529. The first-order chi connectivity index (χ1) is 16.8. The van der Waals surface area contributed by atoms with Gasteiger partial charge in [-0.15, -0.1) is 0 Å². The Kier molecular flexibility index (Phi) is 6.27. The number of anilines is 2. The minimum Gasteiger partial charge on any atom is -0.375 e. The van der Waals surface area contributed by atoms with Crippen LogP contribution >= 0.6 is 0 Å². The smallest absolute Gasteiger partial charge is 0.253 e. The van der Waals surface area contributed by atoms with Gasteiger partial charge in [0.05, 0.1) is 36.2 Å². The van der Waals surface area contributed by atoms with Crippen molar-refractivity contribution < 1.29 is 18.3 Å². The number of carbonyl (C=O) groups is 1. The number of fused-ring (bicyclic) bond motifs is 1. The molecule has 2 saturated heterocycles. The molecule has 2 aliphatic rings. The van der Waals surface area contributed by atoms with Crippen molar-refractivity contribution in [1.29, 1.82) is 0 Å². The van der Waals surface area contributed by atoms with Gasteiger partial charge in [0.25, 0.3) is 5.91 Å². The van der Waals surface area contributed by atoms with E-state index < -0.39 is 11.6 Å². The Hall–Kier alpha value is -3.33. The van der Waals surface area contributed by atoms with E-state index >= 15 is 0 Å². The van der Waals surface area contributed by atoms with Gasteiger partial charge in [-0.1, -0.05) is 0 Å². The molecule has 184 valence electrons. The summed E-state index contributed by atoms with van der Waals surface area (Å²) in [5, 5.41) is 0. The Balaban J connectivity index is 1.64. The fourth-order valence-corrected chi connectivity index (χ4v) is 5.04. The van der Waals surface area contributed by atoms with Crippen molar-refractivity contribution in [3.63, 3.8) is 0 Å². The summed E-state index contributed by atoms with van der Waals surface area (Å²) in [6.07, 6.45) is 3.41. The predicted octanol–water partition coefficient (Wildman–Crippen LogP) is 4.18. The summed E-state index contributed by atoms with van der Waals surface area (Å²) in [5.41, 5.74) is 3.09. The number of hydrogen-bond donors (Lipinski definition) is 0. The molecule has 5 rings (SSSR count). The van der Waals surface area contributed by atoms with E-state index in [9.17, 15) is 13.6 Å². The SMILES string of the molecule is CC1CN(c2cnc3cc(C(=O)N(C)C)cc(N4CCCC4c4cc(F)cc(F)c4)c3n2)CCO1. The number of ether oxygens (including phenoxy) is 1. The standard InChI is InChI=1S/C26H29F2N5O2/c1-16-15-32(7-8-35-16)24-14-29-21-11-18(26(34)31(2)3)12-23(25(21)30-24)33-6-4-5-22(33)17-9-19(27)13-20(28)10-17/h9-14,16,22H,4-8,15H2,1-3H3. The van der Waals surface area contributed by atoms with E-state index in [0.717, 1.165) is 30.4 Å². The van der Waals surface area contributed by atoms with Gasteiger partial charge in [-0.25, -0.2) is 13.8 Å². The van der Waals surface area contributed by atoms with Gasteiger partial charge in [-0.3, -0.25) is 9.78 Å². The van der Waals surface area contributed by atoms with Gasteiger partial charge in [0.2, 0.25) is 0 Å². The van der Waals surface area contributed by atoms with Crippen molar-refractivity contribution in [2.45, 2.75) is 31.9 Å². The molecule has 2 fully saturated rings. The van der Waals surface area contributed by atoms with Crippen molar-refractivity contribution in [1.82, 2.24) is 14.9 Å². The van der Waals surface area contributed by atoms with Crippen LogP contribution in [0.5, 0.6) is 0 Å². The Morgan fingerprint density at radius 1 is 1.11 bits per heavy atom. The minimum atomic E-state index is -0.600. The van der Waals surface area contributed by atoms with E-state index in [2.05, 4.69) is 14.8 Å². The van der Waals surface area contributed by atoms with E-state index in [1.807, 2.05) is 13.0 Å². The van der Waals surface area contributed by atoms with Crippen molar-refractivity contribution in [3.05, 3.63) is 59.3 Å². The lowest BCUT2D eigenvalue weighted by Gasteiger charge is -2.32. The predicted molar refractivity (Wildman–Crippen MR) is 131 cm³/mol. The molecule has 3 heterocycles. The van der Waals surface area contributed by atoms with Gasteiger partial charge in [-0.05, 0) is 49.6 Å². The Morgan fingerprint density at radius 2 is 1.89 bits per heavy atom. The number of rotatable bonds is 4. The molecule has 1 aromatic heterocycles. The quantitative estimate of drug-likeness (QED) is 0.557. The maximum absolute atomic E-state index is 14.1. The third kappa shape index (κ3) is 4.65. The Bertz CT molecular complexity index is 1250. The third-order valence-electron chi connectivity index (χ3n) is 6.67. The second-order valence-corrected chi connectivity index (χ2v) is 9.47. The zero-order chi connectivity index (χ0) is 24.7. The zero-order valence-corrected chi connectivity index (χ0v) is 20.2. The second-order valence-electron chi connectivity index (χ2n) is 9.47. The molecular weight excluding hydrogens is 452 g/mol. The molecule has 0 aliphatic carbocycles. The average molecular weight is 482 g/mol. The van der Waals surface area contributed by atoms with Gasteiger partial charge >= 0.3 is 0 Å². The molecule has 3 aromatic rings. The van der Waals surface area contributed by atoms with Gasteiger partial charge in [0, 0.05) is 45.4 Å². The minimum absolute atomic E-state index is 0.0895. The average Bonchev–Trinajstić information content (AvgIpc) is 3.32. The van der Waals surface area contributed by atoms with E-state index in [1.54, 1.807) is 26.4 Å². The zero-order valence-electron chi connectivity index (χ0n) is 20.2. The van der Waals surface area contributed by atoms with Crippen LogP contribution in [0.15, 0.2) is 36.5 Å². The molecule has 0 bridgehead atoms. The number of amides is 1. The molecule has 2 unspecified atom stereocenters. The molecular formula is C26H29F2N5O2. The highest BCUT2D eigenvalue weighted by Crippen LogP contribution is 2.40. The number of carbonyl (C=O) groups excluding carboxylic acids is 1. The van der Waals surface area contributed by atoms with Crippen LogP contribution in [0.4, 0.5) is 20.3 Å². The monoisotopic (exact) mass is 481 g/mol. The number of morpholine rings is 1. The maximum Gasteiger partial charge on any atom is 0.253 e. The van der Waals surface area contributed by atoms with Crippen molar-refractivity contribution in [2.75, 3.05) is 50.1 Å². The fraction of sp³-hybridized carbons (Fsp3) is 0.423. The van der Waals surface area contributed by atoms with Crippen molar-refractivity contribution in [3.8, 4) is 0 Å². The van der Waals surface area contributed by atoms with Gasteiger partial charge in [-0.2, -0.15) is 0 Å². The molecule has 2 aliphatic heterocycles. The molecule has 2 aromatic carbocycles. The summed E-state index contributed by atoms with van der Waals surface area (Å²) >= 11 is 0. The lowest BCUT2D eigenvalue weighted by atomic mass is 10.0. The topological polar surface area (TPSA) is 61.8 Å². The molecule has 7 nitrogen and oxygen atoms in total. The van der Waals surface area contributed by atoms with E-state index in [4.69, 9.17) is 9.72 Å². The van der Waals surface area contributed by atoms with Gasteiger partial charge in [0.15, 0.2) is 0 Å². The highest BCUT2D eigenvalue weighted by atomic mass is 19.1. The molecule has 0 N–H and O–H groups in total. The van der Waals surface area contributed by atoms with Crippen LogP contribution in [0.1, 0.15) is 41.7 Å². The summed E-state index contributed by atoms with van der Waals surface area (Å²) in [4.78, 5) is 28.3. The first-order valence-electron chi connectivity index (χ1n) is 11.9. The molecule has 0 saturated carbocycles. The Morgan fingerprint density at radius 3 is 2.60 bits per heavy atom. The number of nitrogens with zero attached hydrogens (tertiary/aromatic N) is 5. The van der Waals surface area contributed by atoms with Crippen LogP contribution in [0.2, 0.25) is 0 Å². The number of benzene rings is 2. The first-order valence-corrected chi connectivity index (χ1v) is 11.9. The second kappa shape index (κ2) is 9.37. The largest absolute Gasteiger partial charge is 0.375 e. The van der Waals surface area contributed by atoms with Gasteiger partial charge in [0.1, 0.15) is 23.0 Å². The van der Waals surface area contributed by atoms with Crippen LogP contribution in [-0.4, -0.2) is 67.2 Å². The number of hydrogen-bond acceptors (Lipinski definition) is 6. The normalized spacial score (nSPS) is 20.5. The van der Waals surface area contributed by atoms with Crippen LogP contribution in [0.25, 0.3) is 11.0 Å². The summed E-state index contributed by atoms with van der Waals surface area (Å²) in [6.45, 7) is 4.74. The molecule has 0 radical (unpaired) electrons. The highest BCUT2D eigenvalue weighted by Gasteiger charge is 2.30. The van der Waals surface area contributed by atoms with E-state index in [1.165, 1.54) is 17.0 Å². The number of aromatic nitrogens is 2. The van der Waals surface area contributed by atoms with Crippen molar-refractivity contribution in [2.24, 2.45) is 0 Å². The first kappa shape index (κ1) is 23.4. The summed E-state index contributed by atoms with van der Waals surface area (Å²) in [6, 6.07) is 7.01. The van der Waals surface area contributed by atoms with Crippen LogP contribution in [-0.2, 0) is 4.74 Å². The number of halogens is 2. The third-order valence-corrected chi connectivity index (χ3v) is 6.67. The Labute approximate surface area is 203 Å². The van der Waals surface area contributed by atoms with Crippen LogP contribution in [0.3, 0.4) is 0 Å². The molecule has 1 amide bonds. The van der Waals surface area contributed by atoms with Crippen LogP contribution in [0, 0.1) is 11.6 Å². The summed E-state index contributed by atoms with van der Waals surface area (Å²) in [5.74, 6) is -0.602. The van der Waals surface area contributed by atoms with Crippen LogP contribution < -0.4 is 9.80 Å². The molecule has 0 spiro atoms. The fourth-order valence-electron chi connectivity index (χ4n) is 5.04. The molecule has 35 heavy (non-hydrogen) atoms. The lowest BCUT2D eigenvalue weighted by Crippen LogP contribution is -2.41. The van der Waals surface area contributed by atoms with Gasteiger partial charge < -0.3 is 19.4 Å². The van der Waals surface area contributed by atoms with Crippen molar-refractivity contribution >= 4 is 28.4 Å². The van der Waals surface area contributed by atoms with E-state index in [0.29, 0.717) is 48.4 Å². The van der Waals surface area contributed by atoms with E-state index in [-0.39, 0.29) is 18.1 Å².